The first-order valence-corrected chi connectivity index (χ1v) is 9.40. The summed E-state index contributed by atoms with van der Waals surface area (Å²) >= 11 is 10.8. The van der Waals surface area contributed by atoms with Gasteiger partial charge < -0.3 is 4.74 Å². The average Bonchev–Trinajstić information content (AvgIpc) is 3.05. The van der Waals surface area contributed by atoms with Crippen LogP contribution in [0.2, 0.25) is 5.02 Å². The number of aryl methyl sites for hydroxylation is 1. The normalized spacial score (nSPS) is 10.6. The van der Waals surface area contributed by atoms with Crippen LogP contribution in [0.4, 0.5) is 5.13 Å². The lowest BCUT2D eigenvalue weighted by Gasteiger charge is -2.07. The summed E-state index contributed by atoms with van der Waals surface area (Å²) in [5.41, 5.74) is 3.14. The minimum atomic E-state index is -0.302. The predicted molar refractivity (Wildman–Crippen MR) is 106 cm³/mol. The molecule has 0 radical (unpaired) electrons. The first-order valence-electron chi connectivity index (χ1n) is 7.35. The molecule has 3 rings (SSSR count). The Bertz CT molecular complexity index is 943. The molecular formula is C18H14BrClN2O2S. The van der Waals surface area contributed by atoms with Crippen LogP contribution in [0.25, 0.3) is 11.3 Å². The van der Waals surface area contributed by atoms with Crippen LogP contribution in [0.15, 0.2) is 46.3 Å². The topological polar surface area (TPSA) is 51.2 Å². The van der Waals surface area contributed by atoms with E-state index in [0.717, 1.165) is 27.0 Å². The fourth-order valence-corrected chi connectivity index (χ4v) is 3.58. The van der Waals surface area contributed by atoms with E-state index in [1.165, 1.54) is 11.3 Å². The van der Waals surface area contributed by atoms with E-state index in [4.69, 9.17) is 16.3 Å². The van der Waals surface area contributed by atoms with Gasteiger partial charge in [0, 0.05) is 15.4 Å². The standard InChI is InChI=1S/C18H14BrClN2O2S/c1-10-3-6-16(24-2)13(7-10)15-9-25-18(21-15)22-17(23)12-8-11(19)4-5-14(12)20/h3-9H,1-2H3,(H,21,22,23). The number of carbonyl (C=O) groups is 1. The maximum atomic E-state index is 12.4. The number of ether oxygens (including phenoxy) is 1. The van der Waals surface area contributed by atoms with Gasteiger partial charge in [-0.1, -0.05) is 39.2 Å². The third kappa shape index (κ3) is 4.03. The van der Waals surface area contributed by atoms with Crippen molar-refractivity contribution in [3.05, 3.63) is 62.4 Å². The van der Waals surface area contributed by atoms with Crippen molar-refractivity contribution in [2.24, 2.45) is 0 Å². The summed E-state index contributed by atoms with van der Waals surface area (Å²) in [5, 5.41) is 5.56. The van der Waals surface area contributed by atoms with E-state index < -0.39 is 0 Å². The van der Waals surface area contributed by atoms with Crippen molar-refractivity contribution in [2.45, 2.75) is 6.92 Å². The molecule has 1 heterocycles. The summed E-state index contributed by atoms with van der Waals surface area (Å²) in [6.45, 7) is 2.01. The molecule has 1 aromatic heterocycles. The van der Waals surface area contributed by atoms with Gasteiger partial charge in [0.1, 0.15) is 5.75 Å². The molecule has 0 aliphatic carbocycles. The van der Waals surface area contributed by atoms with Crippen LogP contribution in [0.5, 0.6) is 5.75 Å². The molecule has 0 aliphatic heterocycles. The number of halogens is 2. The zero-order chi connectivity index (χ0) is 18.0. The minimum absolute atomic E-state index is 0.302. The van der Waals surface area contributed by atoms with Crippen LogP contribution in [-0.2, 0) is 0 Å². The van der Waals surface area contributed by atoms with Crippen LogP contribution in [0.1, 0.15) is 15.9 Å². The molecule has 0 atom stereocenters. The lowest BCUT2D eigenvalue weighted by Crippen LogP contribution is -2.12. The van der Waals surface area contributed by atoms with Gasteiger partial charge in [0.15, 0.2) is 5.13 Å². The van der Waals surface area contributed by atoms with E-state index in [0.29, 0.717) is 15.7 Å². The predicted octanol–water partition coefficient (Wildman–Crippen LogP) is 5.80. The number of nitrogens with one attached hydrogen (secondary N) is 1. The zero-order valence-corrected chi connectivity index (χ0v) is 16.6. The second kappa shape index (κ2) is 7.56. The number of benzene rings is 2. The number of aromatic nitrogens is 1. The minimum Gasteiger partial charge on any atom is -0.496 e. The van der Waals surface area contributed by atoms with Crippen molar-refractivity contribution in [3.63, 3.8) is 0 Å². The summed E-state index contributed by atoms with van der Waals surface area (Å²) in [6, 6.07) is 11.0. The van der Waals surface area contributed by atoms with Crippen LogP contribution in [0.3, 0.4) is 0 Å². The van der Waals surface area contributed by atoms with Gasteiger partial charge in [-0.25, -0.2) is 4.98 Å². The molecule has 7 heteroatoms. The van der Waals surface area contributed by atoms with Gasteiger partial charge in [0.2, 0.25) is 0 Å². The number of anilines is 1. The zero-order valence-electron chi connectivity index (χ0n) is 13.5. The van der Waals surface area contributed by atoms with Gasteiger partial charge in [-0.15, -0.1) is 11.3 Å². The number of amides is 1. The number of rotatable bonds is 4. The lowest BCUT2D eigenvalue weighted by atomic mass is 10.1. The third-order valence-corrected chi connectivity index (χ3v) is 5.11. The lowest BCUT2D eigenvalue weighted by molar-refractivity contribution is 0.102. The molecule has 25 heavy (non-hydrogen) atoms. The Morgan fingerprint density at radius 1 is 1.28 bits per heavy atom. The maximum Gasteiger partial charge on any atom is 0.258 e. The Morgan fingerprint density at radius 3 is 2.84 bits per heavy atom. The number of hydrogen-bond acceptors (Lipinski definition) is 4. The molecule has 128 valence electrons. The Balaban J connectivity index is 1.86. The Labute approximate surface area is 162 Å². The van der Waals surface area contributed by atoms with Crippen molar-refractivity contribution in [1.29, 1.82) is 0 Å². The highest BCUT2D eigenvalue weighted by molar-refractivity contribution is 9.10. The number of methoxy groups -OCH3 is 1. The molecule has 3 aromatic rings. The van der Waals surface area contributed by atoms with Crippen LogP contribution in [0, 0.1) is 6.92 Å². The van der Waals surface area contributed by atoms with Gasteiger partial charge in [-0.2, -0.15) is 0 Å². The highest BCUT2D eigenvalue weighted by Gasteiger charge is 2.15. The second-order valence-electron chi connectivity index (χ2n) is 5.32. The molecule has 0 unspecified atom stereocenters. The molecule has 4 nitrogen and oxygen atoms in total. The quantitative estimate of drug-likeness (QED) is 0.561. The Hall–Kier alpha value is -1.89. The highest BCUT2D eigenvalue weighted by atomic mass is 79.9. The Kier molecular flexibility index (Phi) is 5.42. The summed E-state index contributed by atoms with van der Waals surface area (Å²) in [4.78, 5) is 16.9. The average molecular weight is 438 g/mol. The summed E-state index contributed by atoms with van der Waals surface area (Å²) < 4.78 is 6.18. The largest absolute Gasteiger partial charge is 0.496 e. The first kappa shape index (κ1) is 17.9. The molecule has 0 aliphatic rings. The van der Waals surface area contributed by atoms with Crippen molar-refractivity contribution < 1.29 is 9.53 Å². The van der Waals surface area contributed by atoms with E-state index in [-0.39, 0.29) is 5.91 Å². The number of thiazole rings is 1. The van der Waals surface area contributed by atoms with E-state index in [1.807, 2.05) is 30.5 Å². The molecule has 0 spiro atoms. The van der Waals surface area contributed by atoms with Gasteiger partial charge >= 0.3 is 0 Å². The van der Waals surface area contributed by atoms with E-state index in [9.17, 15) is 4.79 Å². The number of hydrogen-bond donors (Lipinski definition) is 1. The number of nitrogens with zero attached hydrogens (tertiary/aromatic N) is 1. The molecule has 0 saturated carbocycles. The molecule has 1 amide bonds. The molecule has 0 bridgehead atoms. The third-order valence-electron chi connectivity index (χ3n) is 3.53. The summed E-state index contributed by atoms with van der Waals surface area (Å²) in [7, 11) is 1.62. The van der Waals surface area contributed by atoms with Gasteiger partial charge in [0.25, 0.3) is 5.91 Å². The monoisotopic (exact) mass is 436 g/mol. The van der Waals surface area contributed by atoms with Gasteiger partial charge in [-0.3, -0.25) is 10.1 Å². The molecular weight excluding hydrogens is 424 g/mol. The highest BCUT2D eigenvalue weighted by Crippen LogP contribution is 2.33. The molecule has 1 N–H and O–H groups in total. The summed E-state index contributed by atoms with van der Waals surface area (Å²) in [5.74, 6) is 0.437. The molecule has 0 saturated heterocycles. The molecule has 2 aromatic carbocycles. The first-order chi connectivity index (χ1) is 12.0. The SMILES string of the molecule is COc1ccc(C)cc1-c1csc(NC(=O)c2cc(Br)ccc2Cl)n1. The number of carbonyl (C=O) groups excluding carboxylic acids is 1. The van der Waals surface area contributed by atoms with Crippen LogP contribution < -0.4 is 10.1 Å². The fraction of sp³-hybridized carbons (Fsp3) is 0.111. The van der Waals surface area contributed by atoms with E-state index >= 15 is 0 Å². The fourth-order valence-electron chi connectivity index (χ4n) is 2.31. The van der Waals surface area contributed by atoms with Gasteiger partial charge in [-0.05, 0) is 37.3 Å². The van der Waals surface area contributed by atoms with Crippen molar-refractivity contribution in [2.75, 3.05) is 12.4 Å². The summed E-state index contributed by atoms with van der Waals surface area (Å²) in [6.07, 6.45) is 0. The molecule has 0 fully saturated rings. The van der Waals surface area contributed by atoms with Crippen LogP contribution >= 0.6 is 38.9 Å². The second-order valence-corrected chi connectivity index (χ2v) is 7.50. The van der Waals surface area contributed by atoms with Crippen LogP contribution in [-0.4, -0.2) is 18.0 Å². The smallest absolute Gasteiger partial charge is 0.258 e. The van der Waals surface area contributed by atoms with E-state index in [2.05, 4.69) is 26.2 Å². The van der Waals surface area contributed by atoms with Crippen molar-refractivity contribution in [3.8, 4) is 17.0 Å². The van der Waals surface area contributed by atoms with Crippen molar-refractivity contribution in [1.82, 2.24) is 4.98 Å². The van der Waals surface area contributed by atoms with E-state index in [1.54, 1.807) is 25.3 Å². The van der Waals surface area contributed by atoms with Crippen molar-refractivity contribution >= 4 is 49.9 Å². The van der Waals surface area contributed by atoms with Gasteiger partial charge in [0.05, 0.1) is 23.4 Å². The maximum absolute atomic E-state index is 12.4. The Morgan fingerprint density at radius 2 is 2.08 bits per heavy atom.